The maximum atomic E-state index is 11.8. The second-order valence-electron chi connectivity index (χ2n) is 5.42. The molecule has 0 fully saturated rings. The lowest BCUT2D eigenvalue weighted by Gasteiger charge is -2.20. The fraction of sp³-hybridized carbons (Fsp3) is 0.235. The molecule has 0 aliphatic heterocycles. The van der Waals surface area contributed by atoms with E-state index < -0.39 is 11.1 Å². The quantitative estimate of drug-likeness (QED) is 0.359. The summed E-state index contributed by atoms with van der Waals surface area (Å²) in [5.41, 5.74) is 0.918. The van der Waals surface area contributed by atoms with Gasteiger partial charge in [0.05, 0.1) is 4.92 Å². The maximum Gasteiger partial charge on any atom is 0.519 e. The number of nitro groups is 1. The van der Waals surface area contributed by atoms with Gasteiger partial charge in [0, 0.05) is 18.2 Å². The van der Waals surface area contributed by atoms with Gasteiger partial charge in [-0.25, -0.2) is 4.79 Å². The van der Waals surface area contributed by atoms with Gasteiger partial charge >= 0.3 is 6.16 Å². The summed E-state index contributed by atoms with van der Waals surface area (Å²) in [6.45, 7) is 2.04. The molecule has 0 saturated heterocycles. The van der Waals surface area contributed by atoms with E-state index in [0.29, 0.717) is 5.75 Å². The van der Waals surface area contributed by atoms with Crippen molar-refractivity contribution in [2.45, 2.75) is 13.0 Å². The molecule has 0 aromatic heterocycles. The third-order valence-corrected chi connectivity index (χ3v) is 3.57. The van der Waals surface area contributed by atoms with Crippen molar-refractivity contribution in [1.29, 1.82) is 0 Å². The minimum atomic E-state index is -0.904. The summed E-state index contributed by atoms with van der Waals surface area (Å²) >= 11 is 0. The van der Waals surface area contributed by atoms with Crippen molar-refractivity contribution in [2.24, 2.45) is 0 Å². The normalized spacial score (nSPS) is 11.8. The first-order valence-corrected chi connectivity index (χ1v) is 7.27. The highest BCUT2D eigenvalue weighted by molar-refractivity contribution is 5.67. The molecule has 0 amide bonds. The molecule has 0 spiro atoms. The number of non-ortho nitro benzene ring substituents is 1. The molecule has 0 radical (unpaired) electrons. The Labute approximate surface area is 139 Å². The van der Waals surface area contributed by atoms with Crippen molar-refractivity contribution in [3.63, 3.8) is 0 Å². The summed E-state index contributed by atoms with van der Waals surface area (Å²) in [4.78, 5) is 23.9. The Hall–Kier alpha value is -2.93. The Kier molecular flexibility index (Phi) is 5.49. The summed E-state index contributed by atoms with van der Waals surface area (Å²) in [5.74, 6) is 0.538. The minimum Gasteiger partial charge on any atom is -0.395 e. The van der Waals surface area contributed by atoms with Crippen molar-refractivity contribution < 1.29 is 19.2 Å². The predicted molar refractivity (Wildman–Crippen MR) is 88.3 cm³/mol. The van der Waals surface area contributed by atoms with Gasteiger partial charge in [0.25, 0.3) is 5.69 Å². The van der Waals surface area contributed by atoms with E-state index in [0.717, 1.165) is 5.56 Å². The van der Waals surface area contributed by atoms with Gasteiger partial charge < -0.3 is 14.4 Å². The largest absolute Gasteiger partial charge is 0.519 e. The second kappa shape index (κ2) is 7.56. The van der Waals surface area contributed by atoms with Crippen molar-refractivity contribution in [1.82, 2.24) is 4.90 Å². The van der Waals surface area contributed by atoms with Crippen LogP contribution in [0.5, 0.6) is 11.5 Å². The number of carbonyl (C=O) groups excluding carboxylic acids is 1. The molecule has 7 nitrogen and oxygen atoms in total. The molecule has 0 aliphatic carbocycles. The number of ether oxygens (including phenoxy) is 2. The number of rotatable bonds is 5. The zero-order chi connectivity index (χ0) is 17.7. The van der Waals surface area contributed by atoms with Crippen LogP contribution < -0.4 is 9.47 Å². The van der Waals surface area contributed by atoms with E-state index in [1.165, 1.54) is 24.3 Å². The monoisotopic (exact) mass is 330 g/mol. The van der Waals surface area contributed by atoms with E-state index in [4.69, 9.17) is 9.47 Å². The van der Waals surface area contributed by atoms with Gasteiger partial charge in [-0.15, -0.1) is 0 Å². The van der Waals surface area contributed by atoms with E-state index in [2.05, 4.69) is 0 Å². The third kappa shape index (κ3) is 4.53. The van der Waals surface area contributed by atoms with Crippen LogP contribution in [0.2, 0.25) is 0 Å². The summed E-state index contributed by atoms with van der Waals surface area (Å²) in [5, 5.41) is 10.6. The minimum absolute atomic E-state index is 0.0823. The van der Waals surface area contributed by atoms with Crippen molar-refractivity contribution >= 4 is 11.8 Å². The zero-order valence-corrected chi connectivity index (χ0v) is 13.6. The lowest BCUT2D eigenvalue weighted by molar-refractivity contribution is -0.384. The predicted octanol–water partition coefficient (Wildman–Crippen LogP) is 3.80. The highest BCUT2D eigenvalue weighted by Gasteiger charge is 2.12. The molecular formula is C17H18N2O5. The maximum absolute atomic E-state index is 11.8. The smallest absolute Gasteiger partial charge is 0.395 e. The van der Waals surface area contributed by atoms with Crippen molar-refractivity contribution in [3.05, 3.63) is 64.2 Å². The number of nitrogens with zero attached hydrogens (tertiary/aromatic N) is 2. The number of hydrogen-bond acceptors (Lipinski definition) is 6. The lowest BCUT2D eigenvalue weighted by Crippen LogP contribution is -2.17. The van der Waals surface area contributed by atoms with Crippen molar-refractivity contribution in [2.75, 3.05) is 14.1 Å². The van der Waals surface area contributed by atoms with Crippen LogP contribution in [0.4, 0.5) is 10.5 Å². The van der Waals surface area contributed by atoms with Gasteiger partial charge in [0.15, 0.2) is 0 Å². The average molecular weight is 330 g/mol. The molecule has 0 bridgehead atoms. The SMILES string of the molecule is C[C@H](c1cccc(OC(=O)Oc2ccc([N+](=O)[O-])cc2)c1)N(C)C. The van der Waals surface area contributed by atoms with E-state index in [1.807, 2.05) is 32.0 Å². The van der Waals surface area contributed by atoms with E-state index in [-0.39, 0.29) is 17.5 Å². The first-order chi connectivity index (χ1) is 11.4. The van der Waals surface area contributed by atoms with Gasteiger partial charge in [-0.2, -0.15) is 0 Å². The Morgan fingerprint density at radius 2 is 1.71 bits per heavy atom. The number of hydrogen-bond donors (Lipinski definition) is 0. The molecule has 0 N–H and O–H groups in total. The van der Waals surface area contributed by atoms with Gasteiger partial charge in [-0.1, -0.05) is 12.1 Å². The molecule has 2 aromatic rings. The van der Waals surface area contributed by atoms with Gasteiger partial charge in [0.1, 0.15) is 11.5 Å². The summed E-state index contributed by atoms with van der Waals surface area (Å²) in [7, 11) is 3.92. The van der Waals surface area contributed by atoms with Crippen LogP contribution >= 0.6 is 0 Å². The van der Waals surface area contributed by atoms with E-state index in [9.17, 15) is 14.9 Å². The summed E-state index contributed by atoms with van der Waals surface area (Å²) < 4.78 is 10.2. The van der Waals surface area contributed by atoms with E-state index >= 15 is 0 Å². The fourth-order valence-electron chi connectivity index (χ4n) is 1.99. The highest BCUT2D eigenvalue weighted by Crippen LogP contribution is 2.23. The molecular weight excluding hydrogens is 312 g/mol. The van der Waals surface area contributed by atoms with Crippen LogP contribution in [0.25, 0.3) is 0 Å². The van der Waals surface area contributed by atoms with Crippen LogP contribution in [-0.2, 0) is 0 Å². The van der Waals surface area contributed by atoms with Crippen LogP contribution in [0.3, 0.4) is 0 Å². The molecule has 126 valence electrons. The first-order valence-electron chi connectivity index (χ1n) is 7.27. The molecule has 2 rings (SSSR count). The highest BCUT2D eigenvalue weighted by atomic mass is 16.7. The average Bonchev–Trinajstić information content (AvgIpc) is 2.54. The molecule has 1 atom stereocenters. The molecule has 7 heteroatoms. The van der Waals surface area contributed by atoms with Crippen LogP contribution in [0.1, 0.15) is 18.5 Å². The van der Waals surface area contributed by atoms with E-state index in [1.54, 1.807) is 18.2 Å². The first kappa shape index (κ1) is 17.4. The third-order valence-electron chi connectivity index (χ3n) is 3.57. The Morgan fingerprint density at radius 3 is 2.29 bits per heavy atom. The zero-order valence-electron chi connectivity index (χ0n) is 13.6. The van der Waals surface area contributed by atoms with Crippen LogP contribution in [0, 0.1) is 10.1 Å². The number of benzene rings is 2. The molecule has 0 heterocycles. The topological polar surface area (TPSA) is 81.9 Å². The van der Waals surface area contributed by atoms with Crippen LogP contribution in [-0.4, -0.2) is 30.1 Å². The molecule has 2 aromatic carbocycles. The van der Waals surface area contributed by atoms with Crippen molar-refractivity contribution in [3.8, 4) is 11.5 Å². The van der Waals surface area contributed by atoms with Gasteiger partial charge in [-0.05, 0) is 50.8 Å². The molecule has 0 aliphatic rings. The lowest BCUT2D eigenvalue weighted by atomic mass is 10.1. The summed E-state index contributed by atoms with van der Waals surface area (Å²) in [6.07, 6.45) is -0.904. The number of carbonyl (C=O) groups is 1. The number of nitro benzene ring substituents is 1. The van der Waals surface area contributed by atoms with Gasteiger partial charge in [0.2, 0.25) is 0 Å². The van der Waals surface area contributed by atoms with Gasteiger partial charge in [-0.3, -0.25) is 10.1 Å². The fourth-order valence-corrected chi connectivity index (χ4v) is 1.99. The Bertz CT molecular complexity index is 728. The molecule has 0 unspecified atom stereocenters. The Morgan fingerprint density at radius 1 is 1.08 bits per heavy atom. The summed E-state index contributed by atoms with van der Waals surface area (Å²) in [6, 6.07) is 12.5. The molecule has 24 heavy (non-hydrogen) atoms. The second-order valence-corrected chi connectivity index (χ2v) is 5.42. The van der Waals surface area contributed by atoms with Crippen LogP contribution in [0.15, 0.2) is 48.5 Å². The molecule has 0 saturated carbocycles. The standard InChI is InChI=1S/C17H18N2O5/c1-12(18(2)3)13-5-4-6-16(11-13)24-17(20)23-15-9-7-14(8-10-15)19(21)22/h4-12H,1-3H3/t12-/m1/s1. The Balaban J connectivity index is 2.02.